The van der Waals surface area contributed by atoms with Gasteiger partial charge in [0.25, 0.3) is 8.32 Å². The summed E-state index contributed by atoms with van der Waals surface area (Å²) in [4.78, 5) is 23.3. The maximum absolute atomic E-state index is 11.9. The van der Waals surface area contributed by atoms with Crippen LogP contribution in [0.2, 0.25) is 18.1 Å². The van der Waals surface area contributed by atoms with Crippen molar-refractivity contribution in [3.8, 4) is 0 Å². The zero-order valence-corrected chi connectivity index (χ0v) is 13.7. The van der Waals surface area contributed by atoms with E-state index < -0.39 is 26.4 Å². The molecule has 0 aromatic carbocycles. The molecule has 0 rings (SSSR count). The molecule has 5 nitrogen and oxygen atoms in total. The second-order valence-electron chi connectivity index (χ2n) is 5.89. The topological polar surface area (TPSA) is 64.6 Å². The summed E-state index contributed by atoms with van der Waals surface area (Å²) in [6.07, 6.45) is 1.27. The van der Waals surface area contributed by atoms with Crippen molar-refractivity contribution in [2.75, 3.05) is 7.11 Å². The maximum Gasteiger partial charge on any atom is 0.394 e. The average molecular weight is 287 g/mol. The molecule has 1 N–H and O–H groups in total. The summed E-state index contributed by atoms with van der Waals surface area (Å²) in [5.41, 5.74) is 0. The third kappa shape index (κ3) is 5.46. The van der Waals surface area contributed by atoms with Gasteiger partial charge in [0.15, 0.2) is 0 Å². The molecule has 0 aromatic heterocycles. The standard InChI is InChI=1S/C13H25NO4Si/c1-8-9-10(11(15)17-5)14-12(16)18-19(6,7)13(2,3)4/h8,10H,1,9H2,2-7H3,(H,14,16)/t10-/m0/s1. The molecule has 1 amide bonds. The molecule has 0 saturated carbocycles. The SMILES string of the molecule is C=CC[C@H](NC(=O)O[Si](C)(C)C(C)(C)C)C(=O)OC. The first-order chi connectivity index (χ1) is 8.55. The fourth-order valence-corrected chi connectivity index (χ4v) is 1.91. The summed E-state index contributed by atoms with van der Waals surface area (Å²) in [7, 11) is -0.916. The Morgan fingerprint density at radius 1 is 1.37 bits per heavy atom. The highest BCUT2D eigenvalue weighted by Crippen LogP contribution is 2.36. The normalized spacial score (nSPS) is 13.4. The third-order valence-corrected chi connectivity index (χ3v) is 7.64. The first-order valence-electron chi connectivity index (χ1n) is 6.23. The highest BCUT2D eigenvalue weighted by molar-refractivity contribution is 6.75. The number of rotatable bonds is 5. The van der Waals surface area contributed by atoms with E-state index in [4.69, 9.17) is 4.43 Å². The van der Waals surface area contributed by atoms with Crippen LogP contribution in [0.3, 0.4) is 0 Å². The average Bonchev–Trinajstić information content (AvgIpc) is 2.25. The predicted octanol–water partition coefficient (Wildman–Crippen LogP) is 2.84. The van der Waals surface area contributed by atoms with E-state index in [0.717, 1.165) is 0 Å². The lowest BCUT2D eigenvalue weighted by atomic mass is 10.2. The second-order valence-corrected chi connectivity index (χ2v) is 10.6. The fourth-order valence-electron chi connectivity index (χ4n) is 1.08. The molecule has 0 bridgehead atoms. The van der Waals surface area contributed by atoms with Crippen LogP contribution in [0.1, 0.15) is 27.2 Å². The number of hydrogen-bond donors (Lipinski definition) is 1. The van der Waals surface area contributed by atoms with E-state index >= 15 is 0 Å². The van der Waals surface area contributed by atoms with Gasteiger partial charge in [0.2, 0.25) is 0 Å². The highest BCUT2D eigenvalue weighted by atomic mass is 28.4. The molecule has 19 heavy (non-hydrogen) atoms. The Morgan fingerprint density at radius 3 is 2.26 bits per heavy atom. The van der Waals surface area contributed by atoms with E-state index in [1.54, 1.807) is 6.08 Å². The molecule has 1 atom stereocenters. The van der Waals surface area contributed by atoms with Crippen LogP contribution in [-0.4, -0.2) is 33.5 Å². The molecule has 0 spiro atoms. The van der Waals surface area contributed by atoms with Gasteiger partial charge in [-0.3, -0.25) is 0 Å². The summed E-state index contributed by atoms with van der Waals surface area (Å²) in [6, 6.07) is -0.750. The van der Waals surface area contributed by atoms with E-state index in [-0.39, 0.29) is 5.04 Å². The van der Waals surface area contributed by atoms with Gasteiger partial charge in [-0.05, 0) is 24.6 Å². The summed E-state index contributed by atoms with van der Waals surface area (Å²) in [6.45, 7) is 13.6. The number of carbonyl (C=O) groups is 2. The molecule has 0 heterocycles. The van der Waals surface area contributed by atoms with Crippen LogP contribution >= 0.6 is 0 Å². The van der Waals surface area contributed by atoms with Crippen molar-refractivity contribution >= 4 is 20.4 Å². The number of carbonyl (C=O) groups excluding carboxylic acids is 2. The van der Waals surface area contributed by atoms with Gasteiger partial charge in [-0.25, -0.2) is 9.59 Å². The first-order valence-corrected chi connectivity index (χ1v) is 9.14. The maximum atomic E-state index is 11.9. The van der Waals surface area contributed by atoms with E-state index in [0.29, 0.717) is 6.42 Å². The van der Waals surface area contributed by atoms with E-state index in [1.807, 2.05) is 33.9 Å². The second kappa shape index (κ2) is 6.74. The minimum absolute atomic E-state index is 0.0798. The van der Waals surface area contributed by atoms with Crippen LogP contribution < -0.4 is 5.32 Å². The highest BCUT2D eigenvalue weighted by Gasteiger charge is 2.41. The molecule has 0 fully saturated rings. The van der Waals surface area contributed by atoms with Crippen molar-refractivity contribution in [2.24, 2.45) is 0 Å². The molecule has 0 unspecified atom stereocenters. The number of methoxy groups -OCH3 is 1. The van der Waals surface area contributed by atoms with Gasteiger partial charge in [-0.1, -0.05) is 26.8 Å². The van der Waals surface area contributed by atoms with Crippen molar-refractivity contribution in [3.05, 3.63) is 12.7 Å². The van der Waals surface area contributed by atoms with Crippen LogP contribution in [-0.2, 0) is 14.0 Å². The Morgan fingerprint density at radius 2 is 1.89 bits per heavy atom. The molecular weight excluding hydrogens is 262 g/mol. The number of ether oxygens (including phenoxy) is 1. The van der Waals surface area contributed by atoms with Crippen LogP contribution in [0.5, 0.6) is 0 Å². The van der Waals surface area contributed by atoms with Gasteiger partial charge in [0.1, 0.15) is 6.04 Å². The lowest BCUT2D eigenvalue weighted by Gasteiger charge is -2.35. The van der Waals surface area contributed by atoms with Gasteiger partial charge < -0.3 is 14.5 Å². The van der Waals surface area contributed by atoms with Crippen molar-refractivity contribution < 1.29 is 18.8 Å². The van der Waals surface area contributed by atoms with Crippen molar-refractivity contribution in [1.29, 1.82) is 0 Å². The first kappa shape index (κ1) is 17.7. The molecule has 0 radical (unpaired) electrons. The van der Waals surface area contributed by atoms with Gasteiger partial charge in [-0.15, -0.1) is 6.58 Å². The van der Waals surface area contributed by atoms with E-state index in [2.05, 4.69) is 16.6 Å². The quantitative estimate of drug-likeness (QED) is 0.480. The van der Waals surface area contributed by atoms with Gasteiger partial charge in [-0.2, -0.15) is 0 Å². The van der Waals surface area contributed by atoms with Gasteiger partial charge in [0, 0.05) is 0 Å². The molecule has 110 valence electrons. The molecule has 0 aromatic rings. The van der Waals surface area contributed by atoms with Crippen LogP contribution in [0.4, 0.5) is 4.79 Å². The van der Waals surface area contributed by atoms with Crippen LogP contribution in [0.15, 0.2) is 12.7 Å². The number of hydrogen-bond acceptors (Lipinski definition) is 4. The molecule has 0 aliphatic heterocycles. The Labute approximate surface area is 116 Å². The van der Waals surface area contributed by atoms with Crippen LogP contribution in [0, 0.1) is 0 Å². The molecule has 6 heteroatoms. The Kier molecular flexibility index (Phi) is 6.28. The molecular formula is C13H25NO4Si. The van der Waals surface area contributed by atoms with Crippen molar-refractivity contribution in [1.82, 2.24) is 5.32 Å². The number of amides is 1. The monoisotopic (exact) mass is 287 g/mol. The molecule has 0 aliphatic rings. The Hall–Kier alpha value is -1.30. The van der Waals surface area contributed by atoms with E-state index in [9.17, 15) is 9.59 Å². The summed E-state index contributed by atoms with van der Waals surface area (Å²) in [5, 5.41) is 2.44. The van der Waals surface area contributed by atoms with E-state index in [1.165, 1.54) is 7.11 Å². The Bertz CT molecular complexity index is 347. The minimum Gasteiger partial charge on any atom is -0.504 e. The number of esters is 1. The summed E-state index contributed by atoms with van der Waals surface area (Å²) in [5.74, 6) is -0.507. The smallest absolute Gasteiger partial charge is 0.394 e. The largest absolute Gasteiger partial charge is 0.504 e. The Balaban J connectivity index is 4.67. The van der Waals surface area contributed by atoms with Crippen molar-refractivity contribution in [3.63, 3.8) is 0 Å². The zero-order chi connectivity index (χ0) is 15.3. The van der Waals surface area contributed by atoms with Gasteiger partial charge >= 0.3 is 12.1 Å². The zero-order valence-electron chi connectivity index (χ0n) is 12.7. The van der Waals surface area contributed by atoms with Crippen molar-refractivity contribution in [2.45, 2.75) is 51.4 Å². The summed E-state index contributed by atoms with van der Waals surface area (Å²) >= 11 is 0. The fraction of sp³-hybridized carbons (Fsp3) is 0.692. The lowest BCUT2D eigenvalue weighted by molar-refractivity contribution is -0.142. The third-order valence-electron chi connectivity index (χ3n) is 3.33. The number of nitrogens with one attached hydrogen (secondary N) is 1. The van der Waals surface area contributed by atoms with Gasteiger partial charge in [0.05, 0.1) is 7.11 Å². The predicted molar refractivity (Wildman–Crippen MR) is 77.4 cm³/mol. The minimum atomic E-state index is -2.19. The molecule has 0 saturated heterocycles. The lowest BCUT2D eigenvalue weighted by Crippen LogP contribution is -2.49. The molecule has 0 aliphatic carbocycles. The summed E-state index contributed by atoms with van der Waals surface area (Å²) < 4.78 is 10.1. The van der Waals surface area contributed by atoms with Crippen LogP contribution in [0.25, 0.3) is 0 Å².